The van der Waals surface area contributed by atoms with Gasteiger partial charge in [-0.05, 0) is 32.1 Å². The predicted octanol–water partition coefficient (Wildman–Crippen LogP) is 2.65. The molecule has 16 heavy (non-hydrogen) atoms. The minimum absolute atomic E-state index is 0.0523. The number of nitrogens with zero attached hydrogens (tertiary/aromatic N) is 2. The van der Waals surface area contributed by atoms with E-state index in [1.807, 2.05) is 13.8 Å². The Hall–Kier alpha value is -1.37. The van der Waals surface area contributed by atoms with Crippen LogP contribution in [0, 0.1) is 18.3 Å². The molecule has 0 N–H and O–H groups in total. The van der Waals surface area contributed by atoms with Crippen molar-refractivity contribution >= 4 is 0 Å². The summed E-state index contributed by atoms with van der Waals surface area (Å²) in [5.41, 5.74) is 1.11. The molecule has 2 nitrogen and oxygen atoms in total. The zero-order valence-electron chi connectivity index (χ0n) is 9.17. The molecule has 0 aliphatic heterocycles. The van der Waals surface area contributed by atoms with E-state index in [0.29, 0.717) is 17.7 Å². The number of halogens is 2. The Balaban J connectivity index is 2.28. The average Bonchev–Trinajstić information content (AvgIpc) is 2.85. The Kier molecular flexibility index (Phi) is 1.63. The molecule has 1 saturated carbocycles. The molecular weight excluding hydrogens is 210 g/mol. The molecule has 0 aromatic carbocycles. The monoisotopic (exact) mass is 222 g/mol. The first-order valence-corrected chi connectivity index (χ1v) is 5.45. The maximum absolute atomic E-state index is 14.0. The van der Waals surface area contributed by atoms with Crippen molar-refractivity contribution in [1.82, 2.24) is 9.78 Å². The van der Waals surface area contributed by atoms with Crippen molar-refractivity contribution in [2.75, 3.05) is 0 Å². The van der Waals surface area contributed by atoms with Gasteiger partial charge in [-0.3, -0.25) is 4.68 Å². The van der Waals surface area contributed by atoms with E-state index in [2.05, 4.69) is 11.0 Å². The largest absolute Gasteiger partial charge is 0.293 e. The van der Waals surface area contributed by atoms with Crippen LogP contribution in [0.25, 0.3) is 0 Å². The van der Waals surface area contributed by atoms with E-state index in [1.54, 1.807) is 0 Å². The molecule has 2 unspecified atom stereocenters. The highest BCUT2D eigenvalue weighted by molar-refractivity contribution is 5.50. The summed E-state index contributed by atoms with van der Waals surface area (Å²) in [5.74, 6) is -0.894. The Labute approximate surface area is 92.6 Å². The summed E-state index contributed by atoms with van der Waals surface area (Å²) in [6.07, 6.45) is 5.89. The maximum atomic E-state index is 14.0. The van der Waals surface area contributed by atoms with Crippen LogP contribution in [0.4, 0.5) is 8.78 Å². The second-order valence-corrected chi connectivity index (χ2v) is 4.87. The van der Waals surface area contributed by atoms with Gasteiger partial charge in [0.1, 0.15) is 11.4 Å². The lowest BCUT2D eigenvalue weighted by Crippen LogP contribution is -2.21. The SMILES string of the molecule is C#Cc1nn(C(C)C)c2c1C1CC1C2(F)F. The van der Waals surface area contributed by atoms with Crippen molar-refractivity contribution < 1.29 is 8.78 Å². The standard InChI is InChI=1S/C12H12F2N2/c1-4-9-10-7-5-8(7)12(13,14)11(10)16(15-9)6(2)3/h1,6-8H,5H2,2-3H3. The van der Waals surface area contributed by atoms with E-state index >= 15 is 0 Å². The fourth-order valence-electron chi connectivity index (χ4n) is 2.70. The Morgan fingerprint density at radius 3 is 2.81 bits per heavy atom. The molecular formula is C12H12F2N2. The van der Waals surface area contributed by atoms with Crippen LogP contribution in [0.2, 0.25) is 0 Å². The van der Waals surface area contributed by atoms with Crippen molar-refractivity contribution in [3.63, 3.8) is 0 Å². The first-order valence-electron chi connectivity index (χ1n) is 5.45. The molecule has 1 aromatic heterocycles. The molecule has 84 valence electrons. The van der Waals surface area contributed by atoms with Crippen LogP contribution in [0.15, 0.2) is 0 Å². The smallest absolute Gasteiger partial charge is 0.259 e. The molecule has 1 aromatic rings. The third kappa shape index (κ3) is 0.940. The Bertz CT molecular complexity index is 508. The lowest BCUT2D eigenvalue weighted by Gasteiger charge is -2.17. The summed E-state index contributed by atoms with van der Waals surface area (Å²) in [6.45, 7) is 3.68. The second kappa shape index (κ2) is 2.65. The van der Waals surface area contributed by atoms with Crippen LogP contribution in [-0.2, 0) is 5.92 Å². The van der Waals surface area contributed by atoms with Crippen molar-refractivity contribution in [1.29, 1.82) is 0 Å². The molecule has 0 bridgehead atoms. The number of hydrogen-bond acceptors (Lipinski definition) is 1. The predicted molar refractivity (Wildman–Crippen MR) is 55.3 cm³/mol. The molecule has 0 amide bonds. The fourth-order valence-corrected chi connectivity index (χ4v) is 2.70. The number of alkyl halides is 2. The fraction of sp³-hybridized carbons (Fsp3) is 0.583. The molecule has 2 aliphatic rings. The van der Waals surface area contributed by atoms with E-state index < -0.39 is 11.8 Å². The average molecular weight is 222 g/mol. The minimum Gasteiger partial charge on any atom is -0.259 e. The van der Waals surface area contributed by atoms with Crippen molar-refractivity contribution in [3.05, 3.63) is 17.0 Å². The lowest BCUT2D eigenvalue weighted by atomic mass is 10.1. The van der Waals surface area contributed by atoms with Gasteiger partial charge in [-0.15, -0.1) is 6.42 Å². The number of rotatable bonds is 1. The van der Waals surface area contributed by atoms with Crippen LogP contribution >= 0.6 is 0 Å². The molecule has 2 atom stereocenters. The van der Waals surface area contributed by atoms with E-state index in [-0.39, 0.29) is 17.7 Å². The van der Waals surface area contributed by atoms with Crippen LogP contribution in [-0.4, -0.2) is 9.78 Å². The Morgan fingerprint density at radius 2 is 2.25 bits per heavy atom. The summed E-state index contributed by atoms with van der Waals surface area (Å²) in [4.78, 5) is 0. The summed E-state index contributed by atoms with van der Waals surface area (Å²) < 4.78 is 29.4. The highest BCUT2D eigenvalue weighted by Crippen LogP contribution is 2.67. The number of hydrogen-bond donors (Lipinski definition) is 0. The van der Waals surface area contributed by atoms with Gasteiger partial charge in [0.05, 0.1) is 0 Å². The van der Waals surface area contributed by atoms with Gasteiger partial charge in [-0.2, -0.15) is 13.9 Å². The molecule has 1 heterocycles. The van der Waals surface area contributed by atoms with Gasteiger partial charge in [0.25, 0.3) is 5.92 Å². The molecule has 2 aliphatic carbocycles. The highest BCUT2D eigenvalue weighted by atomic mass is 19.3. The van der Waals surface area contributed by atoms with Gasteiger partial charge in [0.2, 0.25) is 0 Å². The first-order chi connectivity index (χ1) is 7.48. The normalized spacial score (nSPS) is 28.8. The van der Waals surface area contributed by atoms with Crippen LogP contribution in [0.5, 0.6) is 0 Å². The Morgan fingerprint density at radius 1 is 1.56 bits per heavy atom. The zero-order chi connectivity index (χ0) is 11.7. The van der Waals surface area contributed by atoms with Crippen molar-refractivity contribution in [2.24, 2.45) is 5.92 Å². The first kappa shape index (κ1) is 9.83. The van der Waals surface area contributed by atoms with E-state index in [4.69, 9.17) is 6.42 Å². The van der Waals surface area contributed by atoms with E-state index in [0.717, 1.165) is 0 Å². The highest BCUT2D eigenvalue weighted by Gasteiger charge is 2.66. The minimum atomic E-state index is -2.74. The quantitative estimate of drug-likeness (QED) is 0.668. The summed E-state index contributed by atoms with van der Waals surface area (Å²) in [7, 11) is 0. The van der Waals surface area contributed by atoms with Gasteiger partial charge < -0.3 is 0 Å². The molecule has 0 saturated heterocycles. The second-order valence-electron chi connectivity index (χ2n) is 4.87. The maximum Gasteiger partial charge on any atom is 0.293 e. The van der Waals surface area contributed by atoms with Gasteiger partial charge >= 0.3 is 0 Å². The third-order valence-corrected chi connectivity index (χ3v) is 3.52. The molecule has 3 rings (SSSR count). The van der Waals surface area contributed by atoms with Gasteiger partial charge in [0.15, 0.2) is 0 Å². The van der Waals surface area contributed by atoms with E-state index in [9.17, 15) is 8.78 Å². The number of fused-ring (bicyclic) bond motifs is 3. The van der Waals surface area contributed by atoms with Crippen molar-refractivity contribution in [3.8, 4) is 12.3 Å². The molecule has 0 spiro atoms. The molecule has 4 heteroatoms. The lowest BCUT2D eigenvalue weighted by molar-refractivity contribution is -0.0318. The zero-order valence-corrected chi connectivity index (χ0v) is 9.17. The summed E-state index contributed by atoms with van der Waals surface area (Å²) in [6, 6.07) is -0.0841. The molecule has 0 radical (unpaired) electrons. The van der Waals surface area contributed by atoms with Crippen LogP contribution in [0.3, 0.4) is 0 Å². The van der Waals surface area contributed by atoms with Gasteiger partial charge in [-0.25, -0.2) is 0 Å². The summed E-state index contributed by atoms with van der Waals surface area (Å²) >= 11 is 0. The van der Waals surface area contributed by atoms with E-state index in [1.165, 1.54) is 4.68 Å². The summed E-state index contributed by atoms with van der Waals surface area (Å²) in [5, 5.41) is 4.12. The molecule has 1 fully saturated rings. The van der Waals surface area contributed by atoms with Gasteiger partial charge in [0, 0.05) is 17.5 Å². The van der Waals surface area contributed by atoms with Crippen LogP contribution in [0.1, 0.15) is 49.2 Å². The number of terminal acetylenes is 1. The van der Waals surface area contributed by atoms with Gasteiger partial charge in [-0.1, -0.05) is 0 Å². The number of aromatic nitrogens is 2. The van der Waals surface area contributed by atoms with Crippen molar-refractivity contribution in [2.45, 2.75) is 38.2 Å². The topological polar surface area (TPSA) is 17.8 Å². The van der Waals surface area contributed by atoms with Crippen LogP contribution < -0.4 is 0 Å². The third-order valence-electron chi connectivity index (χ3n) is 3.52.